The molecule has 6 heteroatoms. The summed E-state index contributed by atoms with van der Waals surface area (Å²) in [5.41, 5.74) is 1.27. The third-order valence-electron chi connectivity index (χ3n) is 3.08. The third kappa shape index (κ3) is 3.54. The molecule has 2 N–H and O–H groups in total. The van der Waals surface area contributed by atoms with Gasteiger partial charge in [-0.1, -0.05) is 16.8 Å². The number of hydrogen-bond acceptors (Lipinski definition) is 3. The highest BCUT2D eigenvalue weighted by molar-refractivity contribution is 5.16. The van der Waals surface area contributed by atoms with Crippen LogP contribution in [-0.4, -0.2) is 11.8 Å². The highest BCUT2D eigenvalue weighted by atomic mass is 19.1. The molecular weight excluding hydrogens is 261 g/mol. The lowest BCUT2D eigenvalue weighted by Crippen LogP contribution is -2.45. The van der Waals surface area contributed by atoms with E-state index in [-0.39, 0.29) is 17.5 Å². The summed E-state index contributed by atoms with van der Waals surface area (Å²) in [4.78, 5) is 11.5. The monoisotopic (exact) mass is 280 g/mol. The van der Waals surface area contributed by atoms with Gasteiger partial charge in [0.2, 0.25) is 0 Å². The molecule has 20 heavy (non-hydrogen) atoms. The Hall–Kier alpha value is -1.95. The van der Waals surface area contributed by atoms with E-state index in [1.54, 1.807) is 16.8 Å². The first-order valence-electron chi connectivity index (χ1n) is 6.65. The SMILES string of the molecule is CC(C)[n+]1[nH]oc(=O)c1CNCCc1ccc(F)cc1. The zero-order chi connectivity index (χ0) is 14.5. The van der Waals surface area contributed by atoms with Crippen LogP contribution in [0, 0.1) is 5.82 Å². The van der Waals surface area contributed by atoms with Crippen LogP contribution in [0.1, 0.15) is 31.1 Å². The van der Waals surface area contributed by atoms with Crippen LogP contribution in [0.25, 0.3) is 0 Å². The van der Waals surface area contributed by atoms with E-state index in [4.69, 9.17) is 4.52 Å². The number of aromatic nitrogens is 2. The molecular formula is C14H19FN3O2+. The van der Waals surface area contributed by atoms with Crippen LogP contribution in [0.4, 0.5) is 4.39 Å². The second-order valence-corrected chi connectivity index (χ2v) is 4.94. The van der Waals surface area contributed by atoms with E-state index in [2.05, 4.69) is 10.6 Å². The molecule has 0 aliphatic rings. The van der Waals surface area contributed by atoms with Crippen LogP contribution >= 0.6 is 0 Å². The summed E-state index contributed by atoms with van der Waals surface area (Å²) >= 11 is 0. The molecule has 1 heterocycles. The van der Waals surface area contributed by atoms with Gasteiger partial charge in [-0.3, -0.25) is 4.52 Å². The van der Waals surface area contributed by atoms with E-state index in [0.717, 1.165) is 12.0 Å². The van der Waals surface area contributed by atoms with Crippen molar-refractivity contribution in [1.82, 2.24) is 10.6 Å². The van der Waals surface area contributed by atoms with Crippen molar-refractivity contribution in [3.8, 4) is 0 Å². The fourth-order valence-corrected chi connectivity index (χ4v) is 1.97. The first-order chi connectivity index (χ1) is 9.58. The summed E-state index contributed by atoms with van der Waals surface area (Å²) in [5, 5.41) is 5.78. The lowest BCUT2D eigenvalue weighted by Gasteiger charge is -2.03. The summed E-state index contributed by atoms with van der Waals surface area (Å²) in [6, 6.07) is 6.55. The summed E-state index contributed by atoms with van der Waals surface area (Å²) in [6.07, 6.45) is 0.776. The van der Waals surface area contributed by atoms with Gasteiger partial charge in [-0.25, -0.2) is 9.18 Å². The number of nitrogens with zero attached hydrogens (tertiary/aromatic N) is 1. The van der Waals surface area contributed by atoms with Crippen molar-refractivity contribution in [3.63, 3.8) is 0 Å². The highest BCUT2D eigenvalue weighted by Gasteiger charge is 2.22. The Morgan fingerprint density at radius 1 is 1.35 bits per heavy atom. The van der Waals surface area contributed by atoms with Gasteiger partial charge in [0.15, 0.2) is 6.04 Å². The zero-order valence-corrected chi connectivity index (χ0v) is 11.6. The molecule has 5 nitrogen and oxygen atoms in total. The number of halogens is 1. The quantitative estimate of drug-likeness (QED) is 0.619. The molecule has 1 aromatic carbocycles. The van der Waals surface area contributed by atoms with E-state index in [9.17, 15) is 9.18 Å². The molecule has 0 aliphatic heterocycles. The lowest BCUT2D eigenvalue weighted by atomic mass is 10.1. The van der Waals surface area contributed by atoms with Gasteiger partial charge in [0.25, 0.3) is 0 Å². The molecule has 0 saturated carbocycles. The smallest absolute Gasteiger partial charge is 0.307 e. The maximum atomic E-state index is 12.8. The van der Waals surface area contributed by atoms with Gasteiger partial charge in [-0.05, 0) is 49.8 Å². The van der Waals surface area contributed by atoms with E-state index in [0.29, 0.717) is 18.8 Å². The Bertz CT molecular complexity index is 602. The molecule has 0 spiro atoms. The van der Waals surface area contributed by atoms with E-state index in [1.165, 1.54) is 12.1 Å². The molecule has 0 fully saturated rings. The molecule has 0 radical (unpaired) electrons. The molecule has 1 aromatic heterocycles. The van der Waals surface area contributed by atoms with E-state index in [1.807, 2.05) is 13.8 Å². The van der Waals surface area contributed by atoms with Crippen molar-refractivity contribution >= 4 is 0 Å². The first-order valence-corrected chi connectivity index (χ1v) is 6.65. The third-order valence-corrected chi connectivity index (χ3v) is 3.08. The minimum absolute atomic E-state index is 0.135. The van der Waals surface area contributed by atoms with Gasteiger partial charge in [0, 0.05) is 0 Å². The highest BCUT2D eigenvalue weighted by Crippen LogP contribution is 2.02. The second kappa shape index (κ2) is 6.47. The van der Waals surface area contributed by atoms with Crippen molar-refractivity contribution < 1.29 is 13.6 Å². The zero-order valence-electron chi connectivity index (χ0n) is 11.6. The number of rotatable bonds is 6. The van der Waals surface area contributed by atoms with Crippen LogP contribution < -0.4 is 15.6 Å². The molecule has 108 valence electrons. The van der Waals surface area contributed by atoms with Gasteiger partial charge in [-0.15, -0.1) is 0 Å². The lowest BCUT2D eigenvalue weighted by molar-refractivity contribution is -0.785. The Labute approximate surface area is 116 Å². The first kappa shape index (κ1) is 14.5. The molecule has 2 aromatic rings. The Morgan fingerprint density at radius 3 is 2.70 bits per heavy atom. The summed E-state index contributed by atoms with van der Waals surface area (Å²) in [6.45, 7) is 5.07. The van der Waals surface area contributed by atoms with Crippen LogP contribution in [0.5, 0.6) is 0 Å². The minimum atomic E-state index is -0.354. The second-order valence-electron chi connectivity index (χ2n) is 4.94. The average Bonchev–Trinajstić information content (AvgIpc) is 2.78. The predicted octanol–water partition coefficient (Wildman–Crippen LogP) is 1.31. The fourth-order valence-electron chi connectivity index (χ4n) is 1.97. The molecule has 2 rings (SSSR count). The molecule has 0 unspecified atom stereocenters. The largest absolute Gasteiger partial charge is 0.431 e. The number of hydrogen-bond donors (Lipinski definition) is 2. The van der Waals surface area contributed by atoms with E-state index >= 15 is 0 Å². The van der Waals surface area contributed by atoms with Crippen molar-refractivity contribution in [2.75, 3.05) is 6.54 Å². The molecule has 0 aliphatic carbocycles. The maximum absolute atomic E-state index is 12.8. The van der Waals surface area contributed by atoms with Crippen LogP contribution in [0.15, 0.2) is 33.6 Å². The number of nitrogens with one attached hydrogen (secondary N) is 2. The topological polar surface area (TPSA) is 61.9 Å². The van der Waals surface area contributed by atoms with Crippen LogP contribution in [0.2, 0.25) is 0 Å². The normalized spacial score (nSPS) is 11.2. The van der Waals surface area contributed by atoms with Gasteiger partial charge in [-0.2, -0.15) is 0 Å². The standard InChI is InChI=1S/C14H18FN3O2/c1-10(2)18-13(14(19)20-17-18)9-16-8-7-11-3-5-12(15)6-4-11/h3-6,10,16H,7-9H2,1-2H3/p+1. The predicted molar refractivity (Wildman–Crippen MR) is 71.7 cm³/mol. The average molecular weight is 280 g/mol. The molecule has 0 amide bonds. The number of benzene rings is 1. The Balaban J connectivity index is 1.86. The molecule has 0 saturated heterocycles. The van der Waals surface area contributed by atoms with Crippen molar-refractivity contribution in [3.05, 3.63) is 51.8 Å². The van der Waals surface area contributed by atoms with Crippen molar-refractivity contribution in [2.45, 2.75) is 32.9 Å². The number of aromatic amines is 1. The maximum Gasteiger partial charge on any atom is 0.431 e. The Morgan fingerprint density at radius 2 is 2.05 bits per heavy atom. The minimum Gasteiger partial charge on any atom is -0.307 e. The summed E-state index contributed by atoms with van der Waals surface area (Å²) < 4.78 is 19.2. The van der Waals surface area contributed by atoms with Gasteiger partial charge in [0.1, 0.15) is 5.82 Å². The molecule has 0 atom stereocenters. The summed E-state index contributed by atoms with van der Waals surface area (Å²) in [5.74, 6) is -0.232. The van der Waals surface area contributed by atoms with Gasteiger partial charge < -0.3 is 5.32 Å². The van der Waals surface area contributed by atoms with Crippen LogP contribution in [-0.2, 0) is 13.0 Å². The number of H-pyrrole nitrogens is 1. The van der Waals surface area contributed by atoms with Crippen molar-refractivity contribution in [2.24, 2.45) is 0 Å². The van der Waals surface area contributed by atoms with Crippen LogP contribution in [0.3, 0.4) is 0 Å². The van der Waals surface area contributed by atoms with E-state index < -0.39 is 0 Å². The van der Waals surface area contributed by atoms with Gasteiger partial charge >= 0.3 is 11.3 Å². The molecule has 0 bridgehead atoms. The van der Waals surface area contributed by atoms with Gasteiger partial charge in [0.05, 0.1) is 6.54 Å². The fraction of sp³-hybridized carbons (Fsp3) is 0.429. The Kier molecular flexibility index (Phi) is 4.68. The van der Waals surface area contributed by atoms with Crippen molar-refractivity contribution in [1.29, 1.82) is 0 Å². The summed E-state index contributed by atoms with van der Waals surface area (Å²) in [7, 11) is 0.